The molecule has 0 bridgehead atoms. The minimum absolute atomic E-state index is 0.357. The van der Waals surface area contributed by atoms with Crippen LogP contribution in [0.1, 0.15) is 12.5 Å². The van der Waals surface area contributed by atoms with E-state index in [1.165, 1.54) is 0 Å². The molecule has 0 aliphatic rings. The van der Waals surface area contributed by atoms with E-state index in [2.05, 4.69) is 21.2 Å². The highest BCUT2D eigenvalue weighted by molar-refractivity contribution is 9.10. The summed E-state index contributed by atoms with van der Waals surface area (Å²) in [6, 6.07) is 5.25. The average molecular weight is 292 g/mol. The van der Waals surface area contributed by atoms with Crippen LogP contribution in [0.5, 0.6) is 0 Å². The standard InChI is InChI=1S/C10H12BrClN2O/c1-6(10(13)15)14-5-7-2-3-8(11)4-9(7)12/h2-4,6,14H,5H2,1H3,(H2,13,15)/t6-/m0/s1. The van der Waals surface area contributed by atoms with E-state index in [4.69, 9.17) is 17.3 Å². The SMILES string of the molecule is C[C@H](NCc1ccc(Br)cc1Cl)C(N)=O. The van der Waals surface area contributed by atoms with Gasteiger partial charge in [0.1, 0.15) is 0 Å². The van der Waals surface area contributed by atoms with Gasteiger partial charge in [-0.1, -0.05) is 33.6 Å². The van der Waals surface area contributed by atoms with E-state index < -0.39 is 0 Å². The Morgan fingerprint density at radius 1 is 1.67 bits per heavy atom. The molecule has 1 aromatic carbocycles. The lowest BCUT2D eigenvalue weighted by molar-refractivity contribution is -0.119. The number of primary amides is 1. The van der Waals surface area contributed by atoms with E-state index in [-0.39, 0.29) is 11.9 Å². The molecule has 0 saturated heterocycles. The molecule has 1 aromatic rings. The van der Waals surface area contributed by atoms with Gasteiger partial charge < -0.3 is 11.1 Å². The third-order valence-electron chi connectivity index (χ3n) is 2.04. The number of carbonyl (C=O) groups is 1. The summed E-state index contributed by atoms with van der Waals surface area (Å²) in [4.78, 5) is 10.8. The van der Waals surface area contributed by atoms with E-state index in [9.17, 15) is 4.79 Å². The van der Waals surface area contributed by atoms with Crippen LogP contribution in [0.2, 0.25) is 5.02 Å². The normalized spacial score (nSPS) is 12.5. The Morgan fingerprint density at radius 3 is 2.87 bits per heavy atom. The second kappa shape index (κ2) is 5.49. The summed E-state index contributed by atoms with van der Waals surface area (Å²) in [6.07, 6.45) is 0. The van der Waals surface area contributed by atoms with E-state index in [0.29, 0.717) is 11.6 Å². The highest BCUT2D eigenvalue weighted by atomic mass is 79.9. The zero-order chi connectivity index (χ0) is 11.4. The fraction of sp³-hybridized carbons (Fsp3) is 0.300. The predicted octanol–water partition coefficient (Wildman–Crippen LogP) is 2.07. The second-order valence-electron chi connectivity index (χ2n) is 3.24. The Balaban J connectivity index is 2.62. The van der Waals surface area contributed by atoms with Crippen molar-refractivity contribution in [2.24, 2.45) is 5.73 Å². The van der Waals surface area contributed by atoms with Crippen molar-refractivity contribution in [2.75, 3.05) is 0 Å². The van der Waals surface area contributed by atoms with Gasteiger partial charge in [-0.3, -0.25) is 4.79 Å². The number of nitrogens with one attached hydrogen (secondary N) is 1. The van der Waals surface area contributed by atoms with Gasteiger partial charge >= 0.3 is 0 Å². The largest absolute Gasteiger partial charge is 0.368 e. The smallest absolute Gasteiger partial charge is 0.234 e. The Morgan fingerprint density at radius 2 is 2.33 bits per heavy atom. The van der Waals surface area contributed by atoms with Crippen molar-refractivity contribution in [3.05, 3.63) is 33.3 Å². The minimum Gasteiger partial charge on any atom is -0.368 e. The van der Waals surface area contributed by atoms with Crippen LogP contribution in [0.3, 0.4) is 0 Å². The van der Waals surface area contributed by atoms with E-state index in [1.54, 1.807) is 6.92 Å². The highest BCUT2D eigenvalue weighted by Gasteiger charge is 2.08. The fourth-order valence-corrected chi connectivity index (χ4v) is 1.77. The number of hydrogen-bond acceptors (Lipinski definition) is 2. The van der Waals surface area contributed by atoms with Crippen molar-refractivity contribution >= 4 is 33.4 Å². The summed E-state index contributed by atoms with van der Waals surface area (Å²) in [7, 11) is 0. The maximum Gasteiger partial charge on any atom is 0.234 e. The topological polar surface area (TPSA) is 55.1 Å². The molecule has 0 unspecified atom stereocenters. The van der Waals surface area contributed by atoms with Gasteiger partial charge in [0, 0.05) is 16.0 Å². The first-order valence-corrected chi connectivity index (χ1v) is 5.64. The lowest BCUT2D eigenvalue weighted by atomic mass is 10.2. The monoisotopic (exact) mass is 290 g/mol. The molecule has 1 amide bonds. The van der Waals surface area contributed by atoms with Gasteiger partial charge in [0.15, 0.2) is 0 Å². The first kappa shape index (κ1) is 12.5. The molecule has 0 heterocycles. The number of carbonyl (C=O) groups excluding carboxylic acids is 1. The van der Waals surface area contributed by atoms with Crippen LogP contribution in [-0.4, -0.2) is 11.9 Å². The van der Waals surface area contributed by atoms with Crippen LogP contribution in [0.25, 0.3) is 0 Å². The van der Waals surface area contributed by atoms with E-state index >= 15 is 0 Å². The van der Waals surface area contributed by atoms with Gasteiger partial charge in [-0.25, -0.2) is 0 Å². The van der Waals surface area contributed by atoms with Crippen molar-refractivity contribution in [2.45, 2.75) is 19.5 Å². The van der Waals surface area contributed by atoms with Gasteiger partial charge in [-0.05, 0) is 24.6 Å². The Bertz CT molecular complexity index is 370. The zero-order valence-electron chi connectivity index (χ0n) is 8.26. The third kappa shape index (κ3) is 3.81. The number of amides is 1. The van der Waals surface area contributed by atoms with Gasteiger partial charge in [-0.15, -0.1) is 0 Å². The molecular weight excluding hydrogens is 279 g/mol. The molecule has 0 spiro atoms. The van der Waals surface area contributed by atoms with Gasteiger partial charge in [0.05, 0.1) is 6.04 Å². The van der Waals surface area contributed by atoms with Crippen molar-refractivity contribution < 1.29 is 4.79 Å². The molecule has 0 fully saturated rings. The molecule has 15 heavy (non-hydrogen) atoms. The van der Waals surface area contributed by atoms with Crippen LogP contribution in [0.4, 0.5) is 0 Å². The second-order valence-corrected chi connectivity index (χ2v) is 4.56. The third-order valence-corrected chi connectivity index (χ3v) is 2.89. The Labute approximate surface area is 102 Å². The summed E-state index contributed by atoms with van der Waals surface area (Å²) in [5.74, 6) is -0.372. The van der Waals surface area contributed by atoms with E-state index in [1.807, 2.05) is 18.2 Å². The molecule has 0 aromatic heterocycles. The molecule has 0 saturated carbocycles. The first-order chi connectivity index (χ1) is 7.00. The van der Waals surface area contributed by atoms with Crippen molar-refractivity contribution in [3.8, 4) is 0 Å². The van der Waals surface area contributed by atoms with E-state index in [0.717, 1.165) is 10.0 Å². The molecule has 5 heteroatoms. The molecule has 0 aliphatic carbocycles. The Kier molecular flexibility index (Phi) is 4.57. The molecular formula is C10H12BrClN2O. The van der Waals surface area contributed by atoms with Crippen molar-refractivity contribution in [1.29, 1.82) is 0 Å². The molecule has 0 aliphatic heterocycles. The maximum absolute atomic E-state index is 10.8. The average Bonchev–Trinajstić information content (AvgIpc) is 2.15. The first-order valence-electron chi connectivity index (χ1n) is 4.47. The number of rotatable bonds is 4. The van der Waals surface area contributed by atoms with Crippen LogP contribution < -0.4 is 11.1 Å². The number of hydrogen-bond donors (Lipinski definition) is 2. The Hall–Kier alpha value is -0.580. The number of nitrogens with two attached hydrogens (primary N) is 1. The molecule has 1 atom stereocenters. The van der Waals surface area contributed by atoms with Crippen molar-refractivity contribution in [1.82, 2.24) is 5.32 Å². The molecule has 3 nitrogen and oxygen atoms in total. The van der Waals surface area contributed by atoms with Crippen LogP contribution in [0.15, 0.2) is 22.7 Å². The summed E-state index contributed by atoms with van der Waals surface area (Å²) < 4.78 is 0.930. The molecule has 1 rings (SSSR count). The highest BCUT2D eigenvalue weighted by Crippen LogP contribution is 2.21. The summed E-state index contributed by atoms with van der Waals surface area (Å²) in [6.45, 7) is 2.24. The van der Waals surface area contributed by atoms with Crippen molar-refractivity contribution in [3.63, 3.8) is 0 Å². The predicted molar refractivity (Wildman–Crippen MR) is 64.6 cm³/mol. The van der Waals surface area contributed by atoms with Gasteiger partial charge in [0.25, 0.3) is 0 Å². The van der Waals surface area contributed by atoms with Gasteiger partial charge in [0.2, 0.25) is 5.91 Å². The van der Waals surface area contributed by atoms with Crippen LogP contribution in [-0.2, 0) is 11.3 Å². The van der Waals surface area contributed by atoms with Crippen LogP contribution >= 0.6 is 27.5 Å². The minimum atomic E-state index is -0.372. The lowest BCUT2D eigenvalue weighted by Gasteiger charge is -2.11. The summed E-state index contributed by atoms with van der Waals surface area (Å²) in [5.41, 5.74) is 6.06. The fourth-order valence-electron chi connectivity index (χ4n) is 1.03. The van der Waals surface area contributed by atoms with Gasteiger partial charge in [-0.2, -0.15) is 0 Å². The summed E-state index contributed by atoms with van der Waals surface area (Å²) >= 11 is 9.33. The summed E-state index contributed by atoms with van der Waals surface area (Å²) in [5, 5.41) is 3.65. The zero-order valence-corrected chi connectivity index (χ0v) is 10.6. The molecule has 0 radical (unpaired) electrons. The maximum atomic E-state index is 10.8. The molecule has 3 N–H and O–H groups in total. The number of halogens is 2. The lowest BCUT2D eigenvalue weighted by Crippen LogP contribution is -2.38. The molecule has 82 valence electrons. The number of benzene rings is 1. The quantitative estimate of drug-likeness (QED) is 0.892. The van der Waals surface area contributed by atoms with Crippen LogP contribution in [0, 0.1) is 0 Å².